The van der Waals surface area contributed by atoms with Crippen molar-refractivity contribution in [1.29, 1.82) is 0 Å². The van der Waals surface area contributed by atoms with Crippen LogP contribution < -0.4 is 43.8 Å². The topological polar surface area (TPSA) is 195 Å². The van der Waals surface area contributed by atoms with Crippen molar-refractivity contribution in [3.05, 3.63) is 189 Å². The Morgan fingerprint density at radius 1 is 0.489 bits per heavy atom. The number of carbonyl (C=O) groups is 1. The second-order valence-electron chi connectivity index (χ2n) is 21.4. The molecule has 0 bridgehead atoms. The molecule has 28 heteroatoms. The molecule has 1 N–H and O–H groups in total. The Morgan fingerprint density at radius 2 is 0.767 bits per heavy atom. The fraction of sp³-hybridized carbons (Fsp3) is 0.371. The number of aliphatic hydroxyl groups is 1. The van der Waals surface area contributed by atoms with Crippen LogP contribution in [-0.2, 0) is 62.8 Å². The van der Waals surface area contributed by atoms with Gasteiger partial charge in [0.25, 0.3) is 0 Å². The van der Waals surface area contributed by atoms with Crippen molar-refractivity contribution in [2.45, 2.75) is 93.2 Å². The molecule has 0 aromatic heterocycles. The number of carbonyl (C=O) groups excluding carboxylic acids is 1. The SMILES string of the molecule is C.C=CC[C@H]1OCC[C@]2(S(=O)(=O)c3ccc(Cl)cc3)c3c(F)ccc(F)c3OC[C@H]12.O=CC[C@H]1OCC[C@]2(S(=O)(=O)c3ccc(Cl)cc3)c3c(F)ccc(F)c3OC[C@H]12.O=S(=O)(c1ccc(Cl)cc1)[C@]12CCO[C@H](CCO)[C@H]1COc1c(F)ccc(F)c12.[B].[H-].[Na+]. The minimum atomic E-state index is -4.25. The van der Waals surface area contributed by atoms with Gasteiger partial charge in [0.1, 0.15) is 38.0 Å². The minimum Gasteiger partial charge on any atom is -1.00 e. The van der Waals surface area contributed by atoms with Crippen LogP contribution in [0.3, 0.4) is 0 Å². The molecular weight excluding hydrogens is 1320 g/mol. The van der Waals surface area contributed by atoms with Gasteiger partial charge in [0.05, 0.1) is 69.5 Å². The van der Waals surface area contributed by atoms with Gasteiger partial charge in [-0.25, -0.2) is 51.6 Å². The van der Waals surface area contributed by atoms with Crippen LogP contribution in [-0.4, -0.2) is 110 Å². The van der Waals surface area contributed by atoms with Gasteiger partial charge in [0.2, 0.25) is 0 Å². The molecule has 3 radical (unpaired) electrons. The number of fused-ring (bicyclic) bond motifs is 9. The van der Waals surface area contributed by atoms with E-state index >= 15 is 13.2 Å². The molecular formula is C62H60BCl3F6NaO14S3. The number of sulfone groups is 3. The Balaban J connectivity index is 0.000000212. The molecule has 14 nitrogen and oxygen atoms in total. The third-order valence-corrected chi connectivity index (χ3v) is 25.6. The van der Waals surface area contributed by atoms with E-state index in [4.69, 9.17) is 63.2 Å². The Hall–Kier alpha value is -4.67. The van der Waals surface area contributed by atoms with E-state index in [1.54, 1.807) is 6.08 Å². The largest absolute Gasteiger partial charge is 1.00 e. The molecule has 6 aromatic carbocycles. The summed E-state index contributed by atoms with van der Waals surface area (Å²) < 4.78 is 201. The first-order chi connectivity index (χ1) is 41.5. The predicted molar refractivity (Wildman–Crippen MR) is 321 cm³/mol. The van der Waals surface area contributed by atoms with Gasteiger partial charge in [0.15, 0.2) is 64.2 Å². The first kappa shape index (κ1) is 72.8. The number of halogens is 9. The minimum absolute atomic E-state index is 0. The van der Waals surface area contributed by atoms with Gasteiger partial charge in [-0.05, 0) is 141 Å². The van der Waals surface area contributed by atoms with Crippen LogP contribution in [0.25, 0.3) is 0 Å². The van der Waals surface area contributed by atoms with Crippen LogP contribution in [0.15, 0.2) is 137 Å². The summed E-state index contributed by atoms with van der Waals surface area (Å²) in [6, 6.07) is 22.3. The van der Waals surface area contributed by atoms with Gasteiger partial charge in [-0.1, -0.05) is 48.3 Å². The molecule has 6 aliphatic heterocycles. The third-order valence-electron chi connectivity index (χ3n) is 17.2. The summed E-state index contributed by atoms with van der Waals surface area (Å²) in [5.41, 5.74) is -0.918. The number of aliphatic hydroxyl groups excluding tert-OH is 1. The zero-order chi connectivity index (χ0) is 62.4. The van der Waals surface area contributed by atoms with Crippen LogP contribution in [0.4, 0.5) is 26.3 Å². The van der Waals surface area contributed by atoms with Crippen LogP contribution in [0.1, 0.15) is 64.1 Å². The van der Waals surface area contributed by atoms with E-state index in [0.717, 1.165) is 36.4 Å². The van der Waals surface area contributed by atoms with Crippen molar-refractivity contribution in [3.63, 3.8) is 0 Å². The molecule has 3 saturated heterocycles. The second kappa shape index (κ2) is 28.9. The molecule has 12 rings (SSSR count). The van der Waals surface area contributed by atoms with E-state index in [2.05, 4.69) is 6.58 Å². The number of rotatable bonds is 12. The predicted octanol–water partition coefficient (Wildman–Crippen LogP) is 9.17. The van der Waals surface area contributed by atoms with Gasteiger partial charge in [0, 0.05) is 74.1 Å². The van der Waals surface area contributed by atoms with Crippen molar-refractivity contribution in [2.75, 3.05) is 46.2 Å². The van der Waals surface area contributed by atoms with Crippen molar-refractivity contribution < 1.29 is 121 Å². The molecule has 90 heavy (non-hydrogen) atoms. The maximum absolute atomic E-state index is 15.1. The average molecular weight is 1380 g/mol. The number of hydrogen-bond donors (Lipinski definition) is 1. The van der Waals surface area contributed by atoms with Gasteiger partial charge in [-0.3, -0.25) is 0 Å². The molecule has 6 aliphatic rings. The zero-order valence-corrected chi connectivity index (χ0v) is 54.1. The van der Waals surface area contributed by atoms with Gasteiger partial charge in [-0.15, -0.1) is 6.58 Å². The fourth-order valence-corrected chi connectivity index (χ4v) is 20.7. The van der Waals surface area contributed by atoms with Crippen molar-refractivity contribution >= 4 is 79.0 Å². The first-order valence-electron chi connectivity index (χ1n) is 27.3. The monoisotopic (exact) mass is 1380 g/mol. The maximum Gasteiger partial charge on any atom is 1.00 e. The second-order valence-corrected chi connectivity index (χ2v) is 29.3. The van der Waals surface area contributed by atoms with E-state index in [1.165, 1.54) is 72.8 Å². The zero-order valence-electron chi connectivity index (χ0n) is 48.4. The summed E-state index contributed by atoms with van der Waals surface area (Å²) in [5.74, 6) is -8.62. The molecule has 6 heterocycles. The van der Waals surface area contributed by atoms with Gasteiger partial charge < -0.3 is 39.7 Å². The van der Waals surface area contributed by atoms with Crippen molar-refractivity contribution in [1.82, 2.24) is 0 Å². The average Bonchev–Trinajstić information content (AvgIpc) is 0.722. The van der Waals surface area contributed by atoms with Crippen LogP contribution in [0.5, 0.6) is 17.2 Å². The van der Waals surface area contributed by atoms with Gasteiger partial charge in [-0.2, -0.15) is 0 Å². The van der Waals surface area contributed by atoms with Crippen LogP contribution >= 0.6 is 34.8 Å². The number of ether oxygens (including phenoxy) is 6. The third kappa shape index (κ3) is 12.3. The Kier molecular flexibility index (Phi) is 23.4. The van der Waals surface area contributed by atoms with E-state index in [1.807, 2.05) is 0 Å². The quantitative estimate of drug-likeness (QED) is 0.0527. The van der Waals surface area contributed by atoms with E-state index in [-0.39, 0.29) is 168 Å². The Labute approximate surface area is 558 Å². The molecule has 0 spiro atoms. The van der Waals surface area contributed by atoms with E-state index in [0.29, 0.717) is 27.8 Å². The summed E-state index contributed by atoms with van der Waals surface area (Å²) >= 11 is 17.7. The summed E-state index contributed by atoms with van der Waals surface area (Å²) in [5, 5.41) is 10.5. The standard InChI is InChI=1S/C21H19ClF2O4S.C20H19ClF2O5S.C20H17ClF2O5S.CH4.B.Na.H/c1-2-3-18-15-12-28-20-17(24)9-8-16(23)19(20)21(15,10-11-27-18)29(25,26)14-6-4-13(22)5-7-14;2*21-12-1-3-13(4-2-12)29(25,26)20-8-10-27-17(7-9-24)14(20)11-28-19-16(23)6-5-15(22)18(19)20;;;;/h2,4-9,15,18H,1,3,10-12H2;1-6,14,17,24H,7-11H2;1-6,9,14,17H,7-8,10-11H2;1H4;;;/q;;;;;+1;-1/t15-,18-,21-;2*14-,17-,20-;;;;/m111..../s1. The maximum atomic E-state index is 15.1. The molecule has 9 atom stereocenters. The Bertz CT molecular complexity index is 3800. The molecule has 0 amide bonds. The fourth-order valence-electron chi connectivity index (χ4n) is 13.3. The molecule has 0 saturated carbocycles. The Morgan fingerprint density at radius 3 is 1.06 bits per heavy atom. The molecule has 6 aromatic rings. The van der Waals surface area contributed by atoms with Crippen LogP contribution in [0, 0.1) is 52.7 Å². The smallest absolute Gasteiger partial charge is 1.00 e. The summed E-state index contributed by atoms with van der Waals surface area (Å²) in [7, 11) is -12.6. The van der Waals surface area contributed by atoms with E-state index in [9.17, 15) is 48.3 Å². The molecule has 0 aliphatic carbocycles. The van der Waals surface area contributed by atoms with Crippen molar-refractivity contribution in [3.8, 4) is 17.2 Å². The number of hydrogen-bond acceptors (Lipinski definition) is 14. The molecule has 477 valence electrons. The normalized spacial score (nSPS) is 25.4. The summed E-state index contributed by atoms with van der Waals surface area (Å²) in [4.78, 5) is 11.0. The molecule has 0 unspecified atom stereocenters. The molecule has 3 fully saturated rings. The van der Waals surface area contributed by atoms with Crippen molar-refractivity contribution in [2.24, 2.45) is 17.8 Å². The summed E-state index contributed by atoms with van der Waals surface area (Å²) in [6.07, 6.45) is 0.419. The van der Waals surface area contributed by atoms with Gasteiger partial charge >= 0.3 is 29.6 Å². The summed E-state index contributed by atoms with van der Waals surface area (Å²) in [6.45, 7) is 3.02. The van der Waals surface area contributed by atoms with E-state index < -0.39 is 120 Å². The first-order valence-corrected chi connectivity index (χ1v) is 32.9. The van der Waals surface area contributed by atoms with Crippen LogP contribution in [0.2, 0.25) is 15.1 Å². The number of benzene rings is 6. The number of aldehydes is 1.